The summed E-state index contributed by atoms with van der Waals surface area (Å²) in [6.07, 6.45) is 3.35. The van der Waals surface area contributed by atoms with Crippen LogP contribution in [0.5, 0.6) is 0 Å². The first kappa shape index (κ1) is 40.3. The Morgan fingerprint density at radius 3 is 1.55 bits per heavy atom. The van der Waals surface area contributed by atoms with Gasteiger partial charge in [-0.2, -0.15) is 0 Å². The zero-order valence-corrected chi connectivity index (χ0v) is 39.1. The third-order valence-corrected chi connectivity index (χ3v) is 17.1. The highest BCUT2D eigenvalue weighted by Crippen LogP contribution is 2.67. The summed E-state index contributed by atoms with van der Waals surface area (Å²) in [5, 5.41) is 2.47. The van der Waals surface area contributed by atoms with Crippen molar-refractivity contribution in [3.63, 3.8) is 0 Å². The largest absolute Gasteiger partial charge is 0.276 e. The Morgan fingerprint density at radius 1 is 0.406 bits per heavy atom. The van der Waals surface area contributed by atoms with E-state index in [1.807, 2.05) is 11.8 Å². The third-order valence-electron chi connectivity index (χ3n) is 15.9. The van der Waals surface area contributed by atoms with Crippen LogP contribution in [0.2, 0.25) is 0 Å². The maximum atomic E-state index is 5.55. The number of hydrogen-bond acceptors (Lipinski definition) is 2. The molecule has 2 spiro atoms. The highest BCUT2D eigenvalue weighted by molar-refractivity contribution is 7.99. The molecule has 10 aromatic carbocycles. The minimum atomic E-state index is -0.565. The fourth-order valence-electron chi connectivity index (χ4n) is 13.0. The molecule has 69 heavy (non-hydrogen) atoms. The number of rotatable bonds is 5. The van der Waals surface area contributed by atoms with Gasteiger partial charge in [0.1, 0.15) is 0 Å². The van der Waals surface area contributed by atoms with Crippen molar-refractivity contribution in [3.8, 4) is 22.3 Å². The second kappa shape index (κ2) is 15.6. The van der Waals surface area contributed by atoms with Crippen molar-refractivity contribution in [2.24, 2.45) is 10.9 Å². The SMILES string of the molecule is CCC1C(c2ccc(-c3cccc4c3Sc3ccccc3C43c4ccccc4C4(c5ccccc5-c5ccccc54)c4ccccc43)cc2)=CC(c2ccc3ccccc3c2)=NC1c1ccccc1. The summed E-state index contributed by atoms with van der Waals surface area (Å²) in [5.74, 6) is 0.229. The van der Waals surface area contributed by atoms with Crippen molar-refractivity contribution < 1.29 is 0 Å². The van der Waals surface area contributed by atoms with E-state index in [9.17, 15) is 0 Å². The summed E-state index contributed by atoms with van der Waals surface area (Å²) >= 11 is 1.93. The van der Waals surface area contributed by atoms with Gasteiger partial charge in [0.15, 0.2) is 0 Å². The van der Waals surface area contributed by atoms with Crippen LogP contribution in [0.25, 0.3) is 38.6 Å². The molecule has 2 heteroatoms. The Labute approximate surface area is 408 Å². The van der Waals surface area contributed by atoms with Gasteiger partial charge in [0, 0.05) is 21.3 Å². The molecule has 2 atom stereocenters. The molecular weight excluding hydrogens is 851 g/mol. The van der Waals surface area contributed by atoms with E-state index in [4.69, 9.17) is 4.99 Å². The molecule has 10 aromatic rings. The zero-order valence-electron chi connectivity index (χ0n) is 38.3. The standard InChI is InChI=1S/C67H47NS/c1-2-49-53(42-62(68-64(49)46-20-4-3-5-21-46)48-40-35-43-19-6-7-22-47(43)41-48)45-38-36-44(37-39-45)50-25-18-33-61-65(50)69-63-34-17-16-32-60(63)67(61)58-30-14-12-28-56(58)66(57-29-13-15-31-59(57)67)54-26-10-8-23-51(54)52-24-9-11-27-55(52)66/h3-42,49,64H,2H2,1H3. The van der Waals surface area contributed by atoms with Gasteiger partial charge in [-0.15, -0.1) is 0 Å². The van der Waals surface area contributed by atoms with E-state index in [0.717, 1.165) is 17.7 Å². The lowest BCUT2D eigenvalue weighted by atomic mass is 9.51. The van der Waals surface area contributed by atoms with Crippen LogP contribution in [0, 0.1) is 5.92 Å². The third kappa shape index (κ3) is 5.70. The average molecular weight is 898 g/mol. The van der Waals surface area contributed by atoms with Crippen molar-refractivity contribution in [2.75, 3.05) is 0 Å². The Morgan fingerprint density at radius 2 is 0.899 bits per heavy atom. The molecule has 0 fully saturated rings. The van der Waals surface area contributed by atoms with Crippen LogP contribution in [0.3, 0.4) is 0 Å². The molecule has 0 aromatic heterocycles. The number of benzene rings is 10. The fraction of sp³-hybridized carbons (Fsp3) is 0.0896. The minimum absolute atomic E-state index is 0.0118. The lowest BCUT2D eigenvalue weighted by Gasteiger charge is -2.52. The second-order valence-corrected chi connectivity index (χ2v) is 20.1. The smallest absolute Gasteiger partial charge is 0.0825 e. The number of allylic oxidation sites excluding steroid dienone is 1. The van der Waals surface area contributed by atoms with E-state index in [2.05, 4.69) is 250 Å². The number of fused-ring (bicyclic) bond motifs is 16. The van der Waals surface area contributed by atoms with Gasteiger partial charge in [-0.3, -0.25) is 4.99 Å². The second-order valence-electron chi connectivity index (χ2n) is 19.1. The van der Waals surface area contributed by atoms with Crippen LogP contribution in [0.4, 0.5) is 0 Å². The summed E-state index contributed by atoms with van der Waals surface area (Å²) in [6, 6.07) is 89.1. The van der Waals surface area contributed by atoms with E-state index in [1.165, 1.54) is 104 Å². The molecular formula is C67H47NS. The highest BCUT2D eigenvalue weighted by Gasteiger charge is 2.58. The maximum Gasteiger partial charge on any atom is 0.0825 e. The molecule has 4 aliphatic rings. The van der Waals surface area contributed by atoms with E-state index in [1.54, 1.807) is 0 Å². The Bertz CT molecular complexity index is 3670. The number of aliphatic imine (C=N–C) groups is 1. The molecule has 2 aliphatic heterocycles. The molecule has 0 saturated heterocycles. The summed E-state index contributed by atoms with van der Waals surface area (Å²) < 4.78 is 0. The fourth-order valence-corrected chi connectivity index (χ4v) is 14.3. The molecule has 14 rings (SSSR count). The molecule has 2 unspecified atom stereocenters. The first-order chi connectivity index (χ1) is 34.2. The molecule has 0 saturated carbocycles. The molecule has 0 bridgehead atoms. The predicted octanol–water partition coefficient (Wildman–Crippen LogP) is 16.7. The number of dihydropyridines is 1. The summed E-state index contributed by atoms with van der Waals surface area (Å²) in [5.41, 5.74) is 20.9. The van der Waals surface area contributed by atoms with Gasteiger partial charge >= 0.3 is 0 Å². The maximum absolute atomic E-state index is 5.55. The van der Waals surface area contributed by atoms with Crippen molar-refractivity contribution in [1.82, 2.24) is 0 Å². The first-order valence-electron chi connectivity index (χ1n) is 24.4. The zero-order chi connectivity index (χ0) is 45.7. The van der Waals surface area contributed by atoms with Crippen LogP contribution in [-0.2, 0) is 10.8 Å². The lowest BCUT2D eigenvalue weighted by molar-refractivity contribution is 0.519. The van der Waals surface area contributed by atoms with E-state index >= 15 is 0 Å². The first-order valence-corrected chi connectivity index (χ1v) is 25.2. The number of nitrogens with zero attached hydrogens (tertiary/aromatic N) is 1. The van der Waals surface area contributed by atoms with Crippen molar-refractivity contribution in [2.45, 2.75) is 40.0 Å². The Hall–Kier alpha value is -7.78. The van der Waals surface area contributed by atoms with E-state index in [0.29, 0.717) is 0 Å². The quantitative estimate of drug-likeness (QED) is 0.168. The lowest BCUT2D eigenvalue weighted by Crippen LogP contribution is -2.45. The number of hydrogen-bond donors (Lipinski definition) is 0. The van der Waals surface area contributed by atoms with Crippen molar-refractivity contribution in [3.05, 3.63) is 304 Å². The monoisotopic (exact) mass is 897 g/mol. The Balaban J connectivity index is 0.945. The average Bonchev–Trinajstić information content (AvgIpc) is 3.72. The van der Waals surface area contributed by atoms with Gasteiger partial charge in [0.05, 0.1) is 22.6 Å². The van der Waals surface area contributed by atoms with Gasteiger partial charge < -0.3 is 0 Å². The van der Waals surface area contributed by atoms with Crippen LogP contribution in [-0.4, -0.2) is 5.71 Å². The van der Waals surface area contributed by atoms with Crippen molar-refractivity contribution >= 4 is 33.8 Å². The normalized spacial score (nSPS) is 17.5. The predicted molar refractivity (Wildman–Crippen MR) is 287 cm³/mol. The van der Waals surface area contributed by atoms with Crippen LogP contribution >= 0.6 is 11.8 Å². The van der Waals surface area contributed by atoms with E-state index in [-0.39, 0.29) is 12.0 Å². The molecule has 326 valence electrons. The Kier molecular flexibility index (Phi) is 9.13. The molecule has 2 aliphatic carbocycles. The summed E-state index contributed by atoms with van der Waals surface area (Å²) in [7, 11) is 0. The van der Waals surface area contributed by atoms with Gasteiger partial charge in [-0.25, -0.2) is 0 Å². The van der Waals surface area contributed by atoms with Gasteiger partial charge in [0.25, 0.3) is 0 Å². The summed E-state index contributed by atoms with van der Waals surface area (Å²) in [4.78, 5) is 8.16. The van der Waals surface area contributed by atoms with Gasteiger partial charge in [-0.05, 0) is 119 Å². The van der Waals surface area contributed by atoms with Crippen molar-refractivity contribution in [1.29, 1.82) is 0 Å². The topological polar surface area (TPSA) is 12.4 Å². The van der Waals surface area contributed by atoms with Crippen LogP contribution in [0.15, 0.2) is 257 Å². The minimum Gasteiger partial charge on any atom is -0.276 e. The van der Waals surface area contributed by atoms with Gasteiger partial charge in [-0.1, -0.05) is 243 Å². The van der Waals surface area contributed by atoms with Crippen LogP contribution < -0.4 is 0 Å². The van der Waals surface area contributed by atoms with E-state index < -0.39 is 10.8 Å². The molecule has 0 N–H and O–H groups in total. The molecule has 1 nitrogen and oxygen atoms in total. The highest BCUT2D eigenvalue weighted by atomic mass is 32.2. The van der Waals surface area contributed by atoms with Gasteiger partial charge in [0.2, 0.25) is 0 Å². The summed E-state index contributed by atoms with van der Waals surface area (Å²) in [6.45, 7) is 2.31. The van der Waals surface area contributed by atoms with Crippen LogP contribution in [0.1, 0.15) is 80.6 Å². The molecule has 2 heterocycles. The molecule has 0 radical (unpaired) electrons. The molecule has 0 amide bonds.